The first kappa shape index (κ1) is 21.3. The molecule has 0 aliphatic carbocycles. The van der Waals surface area contributed by atoms with Crippen molar-refractivity contribution >= 4 is 21.8 Å². The Labute approximate surface area is 171 Å². The Balaban J connectivity index is 1.73. The van der Waals surface area contributed by atoms with Crippen LogP contribution in [0.25, 0.3) is 0 Å². The maximum atomic E-state index is 13.1. The zero-order chi connectivity index (χ0) is 20.9. The molecule has 158 valence electrons. The van der Waals surface area contributed by atoms with Crippen molar-refractivity contribution in [1.82, 2.24) is 20.3 Å². The summed E-state index contributed by atoms with van der Waals surface area (Å²) in [5.74, 6) is -0.830. The van der Waals surface area contributed by atoms with Crippen LogP contribution in [0.15, 0.2) is 41.6 Å². The van der Waals surface area contributed by atoms with Crippen LogP contribution in [0.1, 0.15) is 37.7 Å². The maximum Gasteiger partial charge on any atom is 0.264 e. The summed E-state index contributed by atoms with van der Waals surface area (Å²) < 4.78 is 27.1. The lowest BCUT2D eigenvalue weighted by atomic mass is 10.0. The van der Waals surface area contributed by atoms with E-state index in [0.29, 0.717) is 0 Å². The van der Waals surface area contributed by atoms with Gasteiger partial charge in [-0.05, 0) is 57.8 Å². The highest BCUT2D eigenvalue weighted by molar-refractivity contribution is 7.89. The van der Waals surface area contributed by atoms with Crippen LogP contribution < -0.4 is 16.0 Å². The minimum absolute atomic E-state index is 0.0500. The lowest BCUT2D eigenvalue weighted by molar-refractivity contribution is -0.129. The number of rotatable bonds is 5. The van der Waals surface area contributed by atoms with Crippen molar-refractivity contribution < 1.29 is 18.0 Å². The second-order valence-electron chi connectivity index (χ2n) is 7.49. The summed E-state index contributed by atoms with van der Waals surface area (Å²) in [7, 11) is -3.95. The summed E-state index contributed by atoms with van der Waals surface area (Å²) in [6.07, 6.45) is 6.01. The molecular formula is C20H28N4O4S. The zero-order valence-corrected chi connectivity index (χ0v) is 17.4. The third kappa shape index (κ3) is 5.36. The highest BCUT2D eigenvalue weighted by atomic mass is 32.2. The van der Waals surface area contributed by atoms with E-state index in [0.717, 1.165) is 48.6 Å². The van der Waals surface area contributed by atoms with Crippen molar-refractivity contribution in [2.75, 3.05) is 13.1 Å². The second kappa shape index (κ2) is 9.41. The molecule has 1 saturated heterocycles. The number of carbonyl (C=O) groups excluding carboxylic acids is 2. The van der Waals surface area contributed by atoms with Crippen LogP contribution >= 0.6 is 0 Å². The van der Waals surface area contributed by atoms with Crippen LogP contribution in [-0.2, 0) is 19.6 Å². The van der Waals surface area contributed by atoms with Gasteiger partial charge in [0.15, 0.2) is 0 Å². The van der Waals surface area contributed by atoms with Gasteiger partial charge in [0, 0.05) is 18.4 Å². The van der Waals surface area contributed by atoms with Crippen molar-refractivity contribution in [1.29, 1.82) is 0 Å². The van der Waals surface area contributed by atoms with Crippen LogP contribution in [0.5, 0.6) is 0 Å². The van der Waals surface area contributed by atoms with E-state index < -0.39 is 22.0 Å². The average molecular weight is 421 g/mol. The van der Waals surface area contributed by atoms with E-state index in [1.54, 1.807) is 12.1 Å². The predicted molar refractivity (Wildman–Crippen MR) is 109 cm³/mol. The van der Waals surface area contributed by atoms with Gasteiger partial charge in [0.1, 0.15) is 6.04 Å². The molecule has 1 aromatic carbocycles. The molecule has 3 N–H and O–H groups in total. The minimum Gasteiger partial charge on any atom is -0.353 e. The molecule has 0 unspecified atom stereocenters. The summed E-state index contributed by atoms with van der Waals surface area (Å²) in [6.45, 7) is 3.71. The van der Waals surface area contributed by atoms with E-state index in [-0.39, 0.29) is 23.3 Å². The highest BCUT2D eigenvalue weighted by Gasteiger charge is 2.37. The van der Waals surface area contributed by atoms with Gasteiger partial charge in [-0.2, -0.15) is 0 Å². The van der Waals surface area contributed by atoms with E-state index in [9.17, 15) is 18.0 Å². The molecule has 2 amide bonds. The molecule has 29 heavy (non-hydrogen) atoms. The molecule has 3 rings (SSSR count). The van der Waals surface area contributed by atoms with Crippen molar-refractivity contribution in [2.24, 2.45) is 0 Å². The van der Waals surface area contributed by atoms with E-state index in [1.807, 2.05) is 6.92 Å². The third-order valence-corrected chi connectivity index (χ3v) is 7.01. The van der Waals surface area contributed by atoms with Gasteiger partial charge in [-0.25, -0.2) is 8.42 Å². The minimum atomic E-state index is -3.95. The number of amides is 2. The number of aryl methyl sites for hydroxylation is 1. The SMILES string of the molecule is Cc1ccc(S(=O)(=O)N2C=CNC(=O)[C@H]2CC(=O)NC2CCCNCCC2)cc1. The number of benzene rings is 1. The quantitative estimate of drug-likeness (QED) is 0.659. The molecule has 0 spiro atoms. The Morgan fingerprint density at radius 2 is 1.83 bits per heavy atom. The molecule has 9 heteroatoms. The van der Waals surface area contributed by atoms with Crippen LogP contribution in [0.4, 0.5) is 0 Å². The summed E-state index contributed by atoms with van der Waals surface area (Å²) in [5.41, 5.74) is 0.932. The number of nitrogens with zero attached hydrogens (tertiary/aromatic N) is 1. The molecule has 2 aliphatic heterocycles. The first-order chi connectivity index (χ1) is 13.9. The fraction of sp³-hybridized carbons (Fsp3) is 0.500. The topological polar surface area (TPSA) is 108 Å². The largest absolute Gasteiger partial charge is 0.353 e. The monoisotopic (exact) mass is 420 g/mol. The molecule has 2 aliphatic rings. The molecule has 0 saturated carbocycles. The molecule has 1 aromatic rings. The molecule has 0 bridgehead atoms. The molecule has 2 heterocycles. The smallest absolute Gasteiger partial charge is 0.264 e. The van der Waals surface area contributed by atoms with E-state index in [1.165, 1.54) is 24.5 Å². The number of nitrogens with one attached hydrogen (secondary N) is 3. The zero-order valence-electron chi connectivity index (χ0n) is 16.6. The van der Waals surface area contributed by atoms with Crippen LogP contribution in [0, 0.1) is 6.92 Å². The molecule has 0 radical (unpaired) electrons. The van der Waals surface area contributed by atoms with E-state index in [2.05, 4.69) is 16.0 Å². The lowest BCUT2D eigenvalue weighted by Gasteiger charge is -2.31. The summed E-state index contributed by atoms with van der Waals surface area (Å²) >= 11 is 0. The molecule has 1 atom stereocenters. The first-order valence-electron chi connectivity index (χ1n) is 9.95. The molecule has 1 fully saturated rings. The van der Waals surface area contributed by atoms with Gasteiger partial charge in [-0.3, -0.25) is 13.9 Å². The number of carbonyl (C=O) groups is 2. The number of hydrogen-bond acceptors (Lipinski definition) is 5. The van der Waals surface area contributed by atoms with Crippen molar-refractivity contribution in [3.8, 4) is 0 Å². The average Bonchev–Trinajstić information content (AvgIpc) is 2.65. The Morgan fingerprint density at radius 3 is 2.48 bits per heavy atom. The Hall–Kier alpha value is -2.39. The normalized spacial score (nSPS) is 21.2. The second-order valence-corrected chi connectivity index (χ2v) is 9.33. The Kier molecular flexibility index (Phi) is 6.92. The Bertz CT molecular complexity index is 859. The van der Waals surface area contributed by atoms with Gasteiger partial charge < -0.3 is 16.0 Å². The van der Waals surface area contributed by atoms with Gasteiger partial charge in [0.2, 0.25) is 11.8 Å². The number of sulfonamides is 1. The fourth-order valence-electron chi connectivity index (χ4n) is 3.59. The molecular weight excluding hydrogens is 392 g/mol. The predicted octanol–water partition coefficient (Wildman–Crippen LogP) is 0.994. The van der Waals surface area contributed by atoms with Gasteiger partial charge in [0.25, 0.3) is 10.0 Å². The van der Waals surface area contributed by atoms with Crippen LogP contribution in [-0.4, -0.2) is 49.7 Å². The van der Waals surface area contributed by atoms with Gasteiger partial charge in [0.05, 0.1) is 11.3 Å². The summed E-state index contributed by atoms with van der Waals surface area (Å²) in [6, 6.07) is 5.34. The molecule has 0 aromatic heterocycles. The third-order valence-electron chi connectivity index (χ3n) is 5.21. The Morgan fingerprint density at radius 1 is 1.17 bits per heavy atom. The number of hydrogen-bond donors (Lipinski definition) is 3. The van der Waals surface area contributed by atoms with Gasteiger partial charge in [-0.15, -0.1) is 0 Å². The first-order valence-corrected chi connectivity index (χ1v) is 11.4. The van der Waals surface area contributed by atoms with Crippen molar-refractivity contribution in [3.63, 3.8) is 0 Å². The van der Waals surface area contributed by atoms with Gasteiger partial charge >= 0.3 is 0 Å². The standard InChI is InChI=1S/C20H28N4O4S/c1-15-6-8-17(9-7-15)29(27,28)24-13-12-22-20(26)18(24)14-19(25)23-16-4-2-10-21-11-3-5-16/h6-9,12-13,16,18,21H,2-5,10-11,14H2,1H3,(H,22,26)(H,23,25)/t18-/m1/s1. The van der Waals surface area contributed by atoms with E-state index in [4.69, 9.17) is 0 Å². The summed E-state index contributed by atoms with van der Waals surface area (Å²) in [5, 5.41) is 8.82. The summed E-state index contributed by atoms with van der Waals surface area (Å²) in [4.78, 5) is 25.1. The van der Waals surface area contributed by atoms with E-state index >= 15 is 0 Å². The lowest BCUT2D eigenvalue weighted by Crippen LogP contribution is -2.51. The molecule has 8 nitrogen and oxygen atoms in total. The van der Waals surface area contributed by atoms with Crippen molar-refractivity contribution in [3.05, 3.63) is 42.2 Å². The van der Waals surface area contributed by atoms with Crippen LogP contribution in [0.3, 0.4) is 0 Å². The van der Waals surface area contributed by atoms with Gasteiger partial charge in [-0.1, -0.05) is 17.7 Å². The highest BCUT2D eigenvalue weighted by Crippen LogP contribution is 2.23. The maximum absolute atomic E-state index is 13.1. The van der Waals surface area contributed by atoms with Crippen molar-refractivity contribution in [2.45, 2.75) is 56.0 Å². The van der Waals surface area contributed by atoms with Crippen LogP contribution in [0.2, 0.25) is 0 Å². The fourth-order valence-corrected chi connectivity index (χ4v) is 5.04.